The van der Waals surface area contributed by atoms with Gasteiger partial charge >= 0.3 is 0 Å². The van der Waals surface area contributed by atoms with Gasteiger partial charge in [-0.1, -0.05) is 20.3 Å². The molecule has 1 aliphatic rings. The summed E-state index contributed by atoms with van der Waals surface area (Å²) >= 11 is 2.18. The Hall–Kier alpha value is 0.350. The SMILES string of the molecule is CCC(C)CSC1CC1. The van der Waals surface area contributed by atoms with Crippen LogP contribution in [0.15, 0.2) is 0 Å². The highest BCUT2D eigenvalue weighted by molar-refractivity contribution is 8.00. The molecule has 0 bridgehead atoms. The third kappa shape index (κ3) is 3.14. The Balaban J connectivity index is 1.90. The maximum absolute atomic E-state index is 2.34. The Labute approximate surface area is 62.4 Å². The molecule has 0 aromatic heterocycles. The maximum atomic E-state index is 2.34. The molecule has 1 rings (SSSR count). The van der Waals surface area contributed by atoms with Crippen LogP contribution in [0.1, 0.15) is 33.1 Å². The summed E-state index contributed by atoms with van der Waals surface area (Å²) in [5.74, 6) is 2.33. The van der Waals surface area contributed by atoms with E-state index in [-0.39, 0.29) is 0 Å². The first-order valence-corrected chi connectivity index (χ1v) is 4.99. The van der Waals surface area contributed by atoms with Gasteiger partial charge in [0.1, 0.15) is 0 Å². The first-order valence-electron chi connectivity index (χ1n) is 3.94. The molecule has 9 heavy (non-hydrogen) atoms. The van der Waals surface area contributed by atoms with Gasteiger partial charge in [-0.15, -0.1) is 0 Å². The minimum Gasteiger partial charge on any atom is -0.158 e. The molecule has 0 aromatic rings. The average molecular weight is 144 g/mol. The van der Waals surface area contributed by atoms with Gasteiger partial charge in [0.15, 0.2) is 0 Å². The summed E-state index contributed by atoms with van der Waals surface area (Å²) in [5.41, 5.74) is 0. The predicted molar refractivity (Wildman–Crippen MR) is 44.9 cm³/mol. The van der Waals surface area contributed by atoms with Crippen molar-refractivity contribution in [3.8, 4) is 0 Å². The smallest absolute Gasteiger partial charge is 0.00479 e. The molecule has 1 saturated carbocycles. The van der Waals surface area contributed by atoms with Gasteiger partial charge < -0.3 is 0 Å². The molecule has 0 spiro atoms. The van der Waals surface area contributed by atoms with E-state index in [1.165, 1.54) is 25.0 Å². The highest BCUT2D eigenvalue weighted by Gasteiger charge is 2.21. The molecule has 0 aliphatic heterocycles. The van der Waals surface area contributed by atoms with Crippen molar-refractivity contribution in [2.24, 2.45) is 5.92 Å². The third-order valence-corrected chi connectivity index (χ3v) is 3.54. The molecule has 1 unspecified atom stereocenters. The third-order valence-electron chi connectivity index (χ3n) is 1.84. The Morgan fingerprint density at radius 1 is 1.56 bits per heavy atom. The van der Waals surface area contributed by atoms with Gasteiger partial charge in [0.25, 0.3) is 0 Å². The van der Waals surface area contributed by atoms with Crippen LogP contribution in [0.5, 0.6) is 0 Å². The van der Waals surface area contributed by atoms with Crippen molar-refractivity contribution in [3.63, 3.8) is 0 Å². The molecule has 0 amide bonds. The van der Waals surface area contributed by atoms with Crippen LogP contribution in [-0.4, -0.2) is 11.0 Å². The van der Waals surface area contributed by atoms with Gasteiger partial charge in [0.05, 0.1) is 0 Å². The number of hydrogen-bond donors (Lipinski definition) is 0. The van der Waals surface area contributed by atoms with Crippen LogP contribution in [0, 0.1) is 5.92 Å². The average Bonchev–Trinajstić information content (AvgIpc) is 2.65. The first-order chi connectivity index (χ1) is 4.33. The fraction of sp³-hybridized carbons (Fsp3) is 1.00. The molecule has 0 nitrogen and oxygen atoms in total. The van der Waals surface area contributed by atoms with Crippen LogP contribution in [0.4, 0.5) is 0 Å². The van der Waals surface area contributed by atoms with E-state index in [4.69, 9.17) is 0 Å². The lowest BCUT2D eigenvalue weighted by Crippen LogP contribution is -1.95. The van der Waals surface area contributed by atoms with Crippen LogP contribution in [0.25, 0.3) is 0 Å². The van der Waals surface area contributed by atoms with E-state index >= 15 is 0 Å². The Morgan fingerprint density at radius 2 is 2.22 bits per heavy atom. The summed E-state index contributed by atoms with van der Waals surface area (Å²) in [7, 11) is 0. The van der Waals surface area contributed by atoms with Gasteiger partial charge in [0.2, 0.25) is 0 Å². The molecule has 0 saturated heterocycles. The largest absolute Gasteiger partial charge is 0.158 e. The maximum Gasteiger partial charge on any atom is 0.00479 e. The molecule has 0 radical (unpaired) electrons. The van der Waals surface area contributed by atoms with Gasteiger partial charge in [0, 0.05) is 5.25 Å². The van der Waals surface area contributed by atoms with E-state index < -0.39 is 0 Å². The fourth-order valence-electron chi connectivity index (χ4n) is 0.653. The van der Waals surface area contributed by atoms with E-state index in [1.807, 2.05) is 0 Å². The summed E-state index contributed by atoms with van der Waals surface area (Å²) in [6.45, 7) is 4.62. The summed E-state index contributed by atoms with van der Waals surface area (Å²) in [6.07, 6.45) is 4.32. The fourth-order valence-corrected chi connectivity index (χ4v) is 1.96. The molecular weight excluding hydrogens is 128 g/mol. The highest BCUT2D eigenvalue weighted by atomic mass is 32.2. The Bertz CT molecular complexity index is 76.6. The molecule has 0 heterocycles. The van der Waals surface area contributed by atoms with E-state index in [1.54, 1.807) is 0 Å². The quantitative estimate of drug-likeness (QED) is 0.584. The monoisotopic (exact) mass is 144 g/mol. The molecule has 1 fully saturated rings. The van der Waals surface area contributed by atoms with Crippen LogP contribution in [0.2, 0.25) is 0 Å². The molecule has 1 atom stereocenters. The van der Waals surface area contributed by atoms with Crippen molar-refractivity contribution in [3.05, 3.63) is 0 Å². The second-order valence-electron chi connectivity index (χ2n) is 3.05. The summed E-state index contributed by atoms with van der Waals surface area (Å²) < 4.78 is 0. The van der Waals surface area contributed by atoms with Gasteiger partial charge in [-0.05, 0) is 24.5 Å². The first kappa shape index (κ1) is 7.46. The van der Waals surface area contributed by atoms with Crippen molar-refractivity contribution in [2.45, 2.75) is 38.4 Å². The van der Waals surface area contributed by atoms with E-state index in [9.17, 15) is 0 Å². The lowest BCUT2D eigenvalue weighted by atomic mass is 10.2. The highest BCUT2D eigenvalue weighted by Crippen LogP contribution is 2.35. The normalized spacial score (nSPS) is 22.0. The van der Waals surface area contributed by atoms with Gasteiger partial charge in [-0.25, -0.2) is 0 Å². The standard InChI is InChI=1S/C8H16S/c1-3-7(2)6-9-8-4-5-8/h7-8H,3-6H2,1-2H3. The van der Waals surface area contributed by atoms with Crippen molar-refractivity contribution in [2.75, 3.05) is 5.75 Å². The minimum atomic E-state index is 0.940. The molecule has 1 heteroatoms. The summed E-state index contributed by atoms with van der Waals surface area (Å²) in [6, 6.07) is 0. The van der Waals surface area contributed by atoms with Crippen LogP contribution in [-0.2, 0) is 0 Å². The number of rotatable bonds is 4. The van der Waals surface area contributed by atoms with Crippen LogP contribution in [0.3, 0.4) is 0 Å². The zero-order chi connectivity index (χ0) is 6.69. The van der Waals surface area contributed by atoms with Crippen molar-refractivity contribution in [1.82, 2.24) is 0 Å². The second-order valence-corrected chi connectivity index (χ2v) is 4.38. The lowest BCUT2D eigenvalue weighted by molar-refractivity contribution is 0.637. The molecule has 1 aliphatic carbocycles. The topological polar surface area (TPSA) is 0 Å². The molecular formula is C8H16S. The van der Waals surface area contributed by atoms with Gasteiger partial charge in [-0.2, -0.15) is 11.8 Å². The number of hydrogen-bond acceptors (Lipinski definition) is 1. The van der Waals surface area contributed by atoms with E-state index in [2.05, 4.69) is 25.6 Å². The zero-order valence-electron chi connectivity index (χ0n) is 6.39. The predicted octanol–water partition coefficient (Wildman–Crippen LogP) is 2.93. The summed E-state index contributed by atoms with van der Waals surface area (Å²) in [5, 5.41) is 1.05. The van der Waals surface area contributed by atoms with Crippen molar-refractivity contribution in [1.29, 1.82) is 0 Å². The zero-order valence-corrected chi connectivity index (χ0v) is 7.21. The second kappa shape index (κ2) is 3.50. The lowest BCUT2D eigenvalue weighted by Gasteiger charge is -2.05. The molecule has 0 N–H and O–H groups in total. The van der Waals surface area contributed by atoms with Crippen molar-refractivity contribution < 1.29 is 0 Å². The minimum absolute atomic E-state index is 0.940. The Morgan fingerprint density at radius 3 is 2.67 bits per heavy atom. The molecule has 54 valence electrons. The van der Waals surface area contributed by atoms with Gasteiger partial charge in [-0.3, -0.25) is 0 Å². The Kier molecular flexibility index (Phi) is 2.90. The van der Waals surface area contributed by atoms with Crippen LogP contribution >= 0.6 is 11.8 Å². The van der Waals surface area contributed by atoms with E-state index in [0.29, 0.717) is 0 Å². The number of thioether (sulfide) groups is 1. The summed E-state index contributed by atoms with van der Waals surface area (Å²) in [4.78, 5) is 0. The van der Waals surface area contributed by atoms with Crippen molar-refractivity contribution >= 4 is 11.8 Å². The van der Waals surface area contributed by atoms with Crippen LogP contribution < -0.4 is 0 Å². The molecule has 0 aromatic carbocycles. The van der Waals surface area contributed by atoms with E-state index in [0.717, 1.165) is 11.2 Å².